The Bertz CT molecular complexity index is 1060. The minimum atomic E-state index is 0.289. The zero-order valence-electron chi connectivity index (χ0n) is 14.0. The monoisotopic (exact) mass is 367 g/mol. The fourth-order valence-corrected chi connectivity index (χ4v) is 2.79. The molecular weight excluding hydrogens is 354 g/mol. The van der Waals surface area contributed by atoms with Crippen molar-refractivity contribution in [2.45, 2.75) is 6.92 Å². The second-order valence-corrected chi connectivity index (χ2v) is 5.94. The van der Waals surface area contributed by atoms with Crippen molar-refractivity contribution < 1.29 is 9.26 Å². The van der Waals surface area contributed by atoms with E-state index in [1.807, 2.05) is 49.4 Å². The van der Waals surface area contributed by atoms with Gasteiger partial charge < -0.3 is 9.26 Å². The van der Waals surface area contributed by atoms with Crippen molar-refractivity contribution in [2.24, 2.45) is 0 Å². The fourth-order valence-electron chi connectivity index (χ4n) is 2.57. The van der Waals surface area contributed by atoms with Crippen LogP contribution in [-0.2, 0) is 0 Å². The molecule has 0 N–H and O–H groups in total. The van der Waals surface area contributed by atoms with Gasteiger partial charge in [-0.25, -0.2) is 4.68 Å². The van der Waals surface area contributed by atoms with Crippen molar-refractivity contribution in [1.29, 1.82) is 0 Å². The summed E-state index contributed by atoms with van der Waals surface area (Å²) in [6, 6.07) is 14.8. The first-order valence-electron chi connectivity index (χ1n) is 7.83. The third-order valence-corrected chi connectivity index (χ3v) is 4.28. The molecule has 2 heterocycles. The Morgan fingerprint density at radius 1 is 1.08 bits per heavy atom. The molecule has 130 valence electrons. The highest BCUT2D eigenvalue weighted by Crippen LogP contribution is 2.28. The predicted molar refractivity (Wildman–Crippen MR) is 96.4 cm³/mol. The van der Waals surface area contributed by atoms with Crippen LogP contribution in [0, 0.1) is 6.92 Å². The van der Waals surface area contributed by atoms with Crippen molar-refractivity contribution in [3.8, 4) is 34.4 Å². The second-order valence-electron chi connectivity index (χ2n) is 5.54. The summed E-state index contributed by atoms with van der Waals surface area (Å²) in [5.74, 6) is 1.47. The van der Waals surface area contributed by atoms with Crippen LogP contribution in [0.2, 0.25) is 5.02 Å². The van der Waals surface area contributed by atoms with Gasteiger partial charge in [0.15, 0.2) is 5.69 Å². The Morgan fingerprint density at radius 3 is 2.58 bits per heavy atom. The molecule has 0 atom stereocenters. The molecule has 0 radical (unpaired) electrons. The van der Waals surface area contributed by atoms with E-state index in [4.69, 9.17) is 20.9 Å². The molecule has 0 aliphatic carbocycles. The van der Waals surface area contributed by atoms with Gasteiger partial charge in [-0.3, -0.25) is 0 Å². The summed E-state index contributed by atoms with van der Waals surface area (Å²) < 4.78 is 12.2. The van der Waals surface area contributed by atoms with Crippen LogP contribution in [0.5, 0.6) is 5.75 Å². The van der Waals surface area contributed by atoms with Crippen molar-refractivity contribution in [2.75, 3.05) is 7.11 Å². The fraction of sp³-hybridized carbons (Fsp3) is 0.111. The largest absolute Gasteiger partial charge is 0.497 e. The van der Waals surface area contributed by atoms with E-state index in [1.165, 1.54) is 0 Å². The van der Waals surface area contributed by atoms with Crippen LogP contribution < -0.4 is 4.74 Å². The van der Waals surface area contributed by atoms with E-state index in [0.29, 0.717) is 22.1 Å². The number of nitrogens with zero attached hydrogens (tertiary/aromatic N) is 5. The molecule has 2 aromatic heterocycles. The Balaban J connectivity index is 1.69. The Morgan fingerprint density at radius 2 is 1.85 bits per heavy atom. The lowest BCUT2D eigenvalue weighted by Crippen LogP contribution is -1.99. The Hall–Kier alpha value is -3.19. The van der Waals surface area contributed by atoms with Gasteiger partial charge in [-0.05, 0) is 43.3 Å². The van der Waals surface area contributed by atoms with Crippen molar-refractivity contribution in [1.82, 2.24) is 25.1 Å². The first-order chi connectivity index (χ1) is 12.7. The van der Waals surface area contributed by atoms with Gasteiger partial charge >= 0.3 is 0 Å². The summed E-state index contributed by atoms with van der Waals surface area (Å²) in [7, 11) is 1.62. The number of hydrogen-bond donors (Lipinski definition) is 0. The van der Waals surface area contributed by atoms with Crippen LogP contribution in [0.15, 0.2) is 53.1 Å². The molecule has 0 amide bonds. The van der Waals surface area contributed by atoms with Gasteiger partial charge in [0.25, 0.3) is 5.89 Å². The van der Waals surface area contributed by atoms with E-state index in [0.717, 1.165) is 17.1 Å². The topological polar surface area (TPSA) is 78.9 Å². The van der Waals surface area contributed by atoms with Crippen molar-refractivity contribution >= 4 is 11.6 Å². The Kier molecular flexibility index (Phi) is 4.14. The van der Waals surface area contributed by atoms with Crippen LogP contribution in [0.1, 0.15) is 5.69 Å². The van der Waals surface area contributed by atoms with Crippen LogP contribution >= 0.6 is 11.6 Å². The van der Waals surface area contributed by atoms with Crippen LogP contribution in [0.3, 0.4) is 0 Å². The molecule has 2 aromatic carbocycles. The maximum absolute atomic E-state index is 6.19. The number of ether oxygens (including phenoxy) is 1. The van der Waals surface area contributed by atoms with Gasteiger partial charge in [0, 0.05) is 5.56 Å². The van der Waals surface area contributed by atoms with E-state index in [-0.39, 0.29) is 5.89 Å². The summed E-state index contributed by atoms with van der Waals surface area (Å²) in [4.78, 5) is 4.41. The molecule has 0 saturated heterocycles. The van der Waals surface area contributed by atoms with E-state index in [9.17, 15) is 0 Å². The lowest BCUT2D eigenvalue weighted by atomic mass is 10.2. The minimum absolute atomic E-state index is 0.289. The summed E-state index contributed by atoms with van der Waals surface area (Å²) in [5.41, 5.74) is 2.86. The molecule has 0 unspecified atom stereocenters. The van der Waals surface area contributed by atoms with Gasteiger partial charge in [0.1, 0.15) is 5.75 Å². The van der Waals surface area contributed by atoms with Gasteiger partial charge in [0.05, 0.1) is 23.5 Å². The molecule has 0 fully saturated rings. The van der Waals surface area contributed by atoms with E-state index < -0.39 is 0 Å². The second kappa shape index (κ2) is 6.61. The SMILES string of the molecule is COc1ccc(-n2nnc(-c3nc(-c4ccccc4Cl)no3)c2C)cc1. The van der Waals surface area contributed by atoms with E-state index in [2.05, 4.69) is 20.5 Å². The Labute approximate surface area is 154 Å². The number of aromatic nitrogens is 5. The third-order valence-electron chi connectivity index (χ3n) is 3.95. The standard InChI is InChI=1S/C18H14ClN5O2/c1-11-16(21-23-24(11)12-7-9-13(25-2)10-8-12)18-20-17(22-26-18)14-5-3-4-6-15(14)19/h3-10H,1-2H3. The number of methoxy groups -OCH3 is 1. The molecule has 0 spiro atoms. The van der Waals surface area contributed by atoms with Gasteiger partial charge in [-0.2, -0.15) is 4.98 Å². The lowest BCUT2D eigenvalue weighted by molar-refractivity contribution is 0.414. The van der Waals surface area contributed by atoms with Gasteiger partial charge in [0.2, 0.25) is 5.82 Å². The molecule has 0 aliphatic heterocycles. The van der Waals surface area contributed by atoms with E-state index >= 15 is 0 Å². The highest BCUT2D eigenvalue weighted by molar-refractivity contribution is 6.33. The van der Waals surface area contributed by atoms with Crippen LogP contribution in [0.4, 0.5) is 0 Å². The van der Waals surface area contributed by atoms with Gasteiger partial charge in [-0.1, -0.05) is 34.1 Å². The summed E-state index contributed by atoms with van der Waals surface area (Å²) in [6.45, 7) is 1.89. The summed E-state index contributed by atoms with van der Waals surface area (Å²) in [6.07, 6.45) is 0. The zero-order valence-corrected chi connectivity index (χ0v) is 14.8. The molecule has 0 aliphatic rings. The minimum Gasteiger partial charge on any atom is -0.497 e. The zero-order chi connectivity index (χ0) is 18.1. The smallest absolute Gasteiger partial charge is 0.280 e. The maximum Gasteiger partial charge on any atom is 0.280 e. The van der Waals surface area contributed by atoms with Gasteiger partial charge in [-0.15, -0.1) is 5.10 Å². The van der Waals surface area contributed by atoms with Crippen LogP contribution in [-0.4, -0.2) is 32.2 Å². The molecular formula is C18H14ClN5O2. The molecule has 7 nitrogen and oxygen atoms in total. The molecule has 8 heteroatoms. The summed E-state index contributed by atoms with van der Waals surface area (Å²) >= 11 is 6.19. The lowest BCUT2D eigenvalue weighted by Gasteiger charge is -2.04. The summed E-state index contributed by atoms with van der Waals surface area (Å²) in [5, 5.41) is 12.9. The van der Waals surface area contributed by atoms with Crippen molar-refractivity contribution in [3.05, 3.63) is 59.2 Å². The van der Waals surface area contributed by atoms with Crippen molar-refractivity contribution in [3.63, 3.8) is 0 Å². The third kappa shape index (κ3) is 2.82. The first kappa shape index (κ1) is 16.3. The highest BCUT2D eigenvalue weighted by atomic mass is 35.5. The number of benzene rings is 2. The maximum atomic E-state index is 6.19. The van der Waals surface area contributed by atoms with E-state index in [1.54, 1.807) is 17.9 Å². The number of rotatable bonds is 4. The molecule has 0 bridgehead atoms. The molecule has 26 heavy (non-hydrogen) atoms. The molecule has 4 aromatic rings. The molecule has 0 saturated carbocycles. The first-order valence-corrected chi connectivity index (χ1v) is 8.21. The molecule has 4 rings (SSSR count). The predicted octanol–water partition coefficient (Wildman–Crippen LogP) is 3.95. The average Bonchev–Trinajstić information content (AvgIpc) is 3.29. The number of hydrogen-bond acceptors (Lipinski definition) is 6. The normalized spacial score (nSPS) is 10.9. The van der Waals surface area contributed by atoms with Crippen LogP contribution in [0.25, 0.3) is 28.7 Å². The highest BCUT2D eigenvalue weighted by Gasteiger charge is 2.19. The number of halogens is 1. The average molecular weight is 368 g/mol. The quantitative estimate of drug-likeness (QED) is 0.543.